The SMILES string of the molecule is C[C@H](c1ccc(-c2c(O)cc(Cl)c3[nH]c(=O)c4sccc4c23)cc1)N(C)C.Cl. The Balaban J connectivity index is 0.00000225. The highest BCUT2D eigenvalue weighted by Crippen LogP contribution is 2.42. The van der Waals surface area contributed by atoms with Gasteiger partial charge in [0.25, 0.3) is 5.56 Å². The van der Waals surface area contributed by atoms with Gasteiger partial charge in [-0.15, -0.1) is 23.7 Å². The summed E-state index contributed by atoms with van der Waals surface area (Å²) < 4.78 is 0.628. The van der Waals surface area contributed by atoms with Gasteiger partial charge in [-0.2, -0.15) is 0 Å². The fraction of sp³-hybridized carbons (Fsp3) is 0.190. The summed E-state index contributed by atoms with van der Waals surface area (Å²) in [7, 11) is 4.08. The highest BCUT2D eigenvalue weighted by atomic mass is 35.5. The highest BCUT2D eigenvalue weighted by Gasteiger charge is 2.18. The predicted molar refractivity (Wildman–Crippen MR) is 121 cm³/mol. The molecule has 1 atom stereocenters. The fourth-order valence-corrected chi connectivity index (χ4v) is 4.44. The van der Waals surface area contributed by atoms with Crippen LogP contribution in [0, 0.1) is 0 Å². The van der Waals surface area contributed by atoms with E-state index < -0.39 is 0 Å². The minimum Gasteiger partial charge on any atom is -0.507 e. The monoisotopic (exact) mass is 434 g/mol. The quantitative estimate of drug-likeness (QED) is 0.427. The average molecular weight is 435 g/mol. The minimum absolute atomic E-state index is 0. The van der Waals surface area contributed by atoms with Crippen molar-refractivity contribution in [3.05, 3.63) is 62.7 Å². The van der Waals surface area contributed by atoms with Crippen LogP contribution in [0.15, 0.2) is 46.6 Å². The normalized spacial score (nSPS) is 12.5. The van der Waals surface area contributed by atoms with Gasteiger partial charge in [0.15, 0.2) is 0 Å². The van der Waals surface area contributed by atoms with Crippen molar-refractivity contribution in [2.75, 3.05) is 14.1 Å². The van der Waals surface area contributed by atoms with E-state index in [1.54, 1.807) is 0 Å². The third-order valence-electron chi connectivity index (χ3n) is 5.09. The molecule has 0 unspecified atom stereocenters. The van der Waals surface area contributed by atoms with E-state index in [0.717, 1.165) is 16.3 Å². The number of aromatic amines is 1. The molecule has 0 fully saturated rings. The van der Waals surface area contributed by atoms with Crippen molar-refractivity contribution in [2.24, 2.45) is 0 Å². The molecule has 0 bridgehead atoms. The summed E-state index contributed by atoms with van der Waals surface area (Å²) in [6.45, 7) is 2.14. The Morgan fingerprint density at radius 2 is 1.86 bits per heavy atom. The van der Waals surface area contributed by atoms with Gasteiger partial charge in [0.1, 0.15) is 10.4 Å². The maximum Gasteiger partial charge on any atom is 0.266 e. The van der Waals surface area contributed by atoms with Crippen LogP contribution >= 0.6 is 35.3 Å². The third-order valence-corrected chi connectivity index (χ3v) is 6.31. The van der Waals surface area contributed by atoms with E-state index in [2.05, 4.69) is 28.9 Å². The van der Waals surface area contributed by atoms with Gasteiger partial charge in [0.2, 0.25) is 0 Å². The van der Waals surface area contributed by atoms with Crippen LogP contribution in [0.5, 0.6) is 5.75 Å². The molecule has 0 aliphatic rings. The number of halogens is 2. The summed E-state index contributed by atoms with van der Waals surface area (Å²) in [6.07, 6.45) is 0. The Morgan fingerprint density at radius 3 is 2.50 bits per heavy atom. The molecule has 7 heteroatoms. The first-order valence-corrected chi connectivity index (χ1v) is 9.85. The molecule has 146 valence electrons. The van der Waals surface area contributed by atoms with E-state index in [1.807, 2.05) is 37.7 Å². The van der Waals surface area contributed by atoms with E-state index in [4.69, 9.17) is 11.6 Å². The van der Waals surface area contributed by atoms with E-state index in [-0.39, 0.29) is 29.8 Å². The fourth-order valence-electron chi connectivity index (χ4n) is 3.40. The zero-order valence-electron chi connectivity index (χ0n) is 15.6. The molecule has 0 saturated carbocycles. The van der Waals surface area contributed by atoms with E-state index >= 15 is 0 Å². The Bertz CT molecular complexity index is 1210. The zero-order chi connectivity index (χ0) is 19.3. The number of H-pyrrole nitrogens is 1. The number of nitrogens with one attached hydrogen (secondary N) is 1. The van der Waals surface area contributed by atoms with Crippen LogP contribution < -0.4 is 5.56 Å². The van der Waals surface area contributed by atoms with Crippen molar-refractivity contribution < 1.29 is 5.11 Å². The topological polar surface area (TPSA) is 56.3 Å². The lowest BCUT2D eigenvalue weighted by Gasteiger charge is -2.20. The van der Waals surface area contributed by atoms with Crippen molar-refractivity contribution in [3.8, 4) is 16.9 Å². The lowest BCUT2D eigenvalue weighted by atomic mass is 9.95. The van der Waals surface area contributed by atoms with Crippen LogP contribution in [0.25, 0.3) is 32.1 Å². The van der Waals surface area contributed by atoms with E-state index in [1.165, 1.54) is 23.0 Å². The second kappa shape index (κ2) is 7.76. The molecule has 4 aromatic rings. The largest absolute Gasteiger partial charge is 0.507 e. The molecule has 0 aliphatic heterocycles. The first-order valence-electron chi connectivity index (χ1n) is 8.60. The summed E-state index contributed by atoms with van der Waals surface area (Å²) in [5.74, 6) is 0.0976. The number of aromatic nitrogens is 1. The lowest BCUT2D eigenvalue weighted by molar-refractivity contribution is 0.321. The van der Waals surface area contributed by atoms with Gasteiger partial charge >= 0.3 is 0 Å². The molecule has 0 spiro atoms. The molecular weight excluding hydrogens is 415 g/mol. The second-order valence-electron chi connectivity index (χ2n) is 6.88. The van der Waals surface area contributed by atoms with Crippen LogP contribution in [-0.2, 0) is 0 Å². The highest BCUT2D eigenvalue weighted by molar-refractivity contribution is 7.17. The van der Waals surface area contributed by atoms with Gasteiger partial charge in [-0.25, -0.2) is 0 Å². The Kier molecular flexibility index (Phi) is 5.73. The van der Waals surface area contributed by atoms with Crippen LogP contribution in [-0.4, -0.2) is 29.1 Å². The molecule has 0 aliphatic carbocycles. The van der Waals surface area contributed by atoms with E-state index in [9.17, 15) is 9.90 Å². The van der Waals surface area contributed by atoms with Gasteiger partial charge < -0.3 is 15.0 Å². The number of pyridine rings is 1. The summed E-state index contributed by atoms with van der Waals surface area (Å²) >= 11 is 7.71. The first-order chi connectivity index (χ1) is 12.9. The van der Waals surface area contributed by atoms with Gasteiger partial charge in [-0.3, -0.25) is 4.79 Å². The molecule has 0 amide bonds. The van der Waals surface area contributed by atoms with Gasteiger partial charge in [-0.05, 0) is 43.6 Å². The average Bonchev–Trinajstić information content (AvgIpc) is 3.13. The smallest absolute Gasteiger partial charge is 0.266 e. The number of phenolic OH excluding ortho intramolecular Hbond substituents is 1. The van der Waals surface area contributed by atoms with Crippen molar-refractivity contribution in [1.82, 2.24) is 9.88 Å². The predicted octanol–water partition coefficient (Wildman–Crippen LogP) is 5.81. The molecule has 28 heavy (non-hydrogen) atoms. The minimum atomic E-state index is -0.166. The standard InChI is InChI=1S/C21H19ClN2O2S.ClH/c1-11(24(2)3)12-4-6-13(7-5-12)17-16(25)10-15(22)19-18(17)14-8-9-27-20(14)21(26)23-19;/h4-11,25H,1-3H3,(H,23,26);1H/t11-;/m1./s1. The summed E-state index contributed by atoms with van der Waals surface area (Å²) in [5, 5.41) is 14.5. The summed E-state index contributed by atoms with van der Waals surface area (Å²) in [4.78, 5) is 17.4. The van der Waals surface area contributed by atoms with Gasteiger partial charge in [0.05, 0.1) is 10.5 Å². The molecule has 4 rings (SSSR count). The molecule has 4 nitrogen and oxygen atoms in total. The van der Waals surface area contributed by atoms with Crippen molar-refractivity contribution in [2.45, 2.75) is 13.0 Å². The number of thiophene rings is 1. The number of fused-ring (bicyclic) bond motifs is 3. The third kappa shape index (κ3) is 3.29. The summed E-state index contributed by atoms with van der Waals surface area (Å²) in [6, 6.07) is 11.8. The second-order valence-corrected chi connectivity index (χ2v) is 8.20. The Morgan fingerprint density at radius 1 is 1.18 bits per heavy atom. The molecule has 0 radical (unpaired) electrons. The maximum atomic E-state index is 12.4. The molecule has 2 aromatic heterocycles. The molecular formula is C21H20Cl2N2O2S. The molecule has 2 heterocycles. The van der Waals surface area contributed by atoms with Crippen LogP contribution in [0.2, 0.25) is 5.02 Å². The van der Waals surface area contributed by atoms with Crippen LogP contribution in [0.4, 0.5) is 0 Å². The number of aromatic hydroxyl groups is 1. The van der Waals surface area contributed by atoms with Crippen molar-refractivity contribution in [1.29, 1.82) is 0 Å². The maximum absolute atomic E-state index is 12.4. The van der Waals surface area contributed by atoms with Crippen LogP contribution in [0.3, 0.4) is 0 Å². The molecule has 0 saturated heterocycles. The number of hydrogen-bond acceptors (Lipinski definition) is 4. The summed E-state index contributed by atoms with van der Waals surface area (Å²) in [5.41, 5.74) is 3.13. The first kappa shape index (κ1) is 20.7. The van der Waals surface area contributed by atoms with Crippen molar-refractivity contribution in [3.63, 3.8) is 0 Å². The number of nitrogens with zero attached hydrogens (tertiary/aromatic N) is 1. The van der Waals surface area contributed by atoms with Gasteiger partial charge in [0, 0.05) is 28.4 Å². The van der Waals surface area contributed by atoms with Crippen LogP contribution in [0.1, 0.15) is 18.5 Å². The van der Waals surface area contributed by atoms with Crippen molar-refractivity contribution >= 4 is 56.3 Å². The molecule has 2 N–H and O–H groups in total. The lowest BCUT2D eigenvalue weighted by Crippen LogP contribution is -2.16. The number of phenols is 1. The zero-order valence-corrected chi connectivity index (χ0v) is 18.0. The number of benzene rings is 2. The molecule has 2 aromatic carbocycles. The Hall–Kier alpha value is -2.05. The Labute approximate surface area is 177 Å². The number of rotatable bonds is 3. The van der Waals surface area contributed by atoms with Gasteiger partial charge in [-0.1, -0.05) is 35.9 Å². The number of hydrogen-bond donors (Lipinski definition) is 2. The van der Waals surface area contributed by atoms with E-state index in [0.29, 0.717) is 20.8 Å².